The molecule has 3 saturated carbocycles. The molecule has 1 heteroatoms. The van der Waals surface area contributed by atoms with E-state index < -0.39 is 0 Å². The Balaban J connectivity index is 1.52. The van der Waals surface area contributed by atoms with Gasteiger partial charge in [-0.1, -0.05) is 65.3 Å². The Morgan fingerprint density at radius 2 is 1.80 bits per heavy atom. The van der Waals surface area contributed by atoms with Crippen LogP contribution in [0.2, 0.25) is 0 Å². The summed E-state index contributed by atoms with van der Waals surface area (Å²) < 4.78 is 0. The van der Waals surface area contributed by atoms with E-state index in [1.54, 1.807) is 5.57 Å². The van der Waals surface area contributed by atoms with Crippen LogP contribution in [0.5, 0.6) is 0 Å². The van der Waals surface area contributed by atoms with E-state index in [1.807, 2.05) is 0 Å². The highest BCUT2D eigenvalue weighted by Crippen LogP contribution is 2.67. The molecule has 1 nitrogen and oxygen atoms in total. The average Bonchev–Trinajstić information content (AvgIpc) is 3.06. The lowest BCUT2D eigenvalue weighted by Gasteiger charge is -2.58. The van der Waals surface area contributed by atoms with Crippen molar-refractivity contribution in [3.63, 3.8) is 0 Å². The van der Waals surface area contributed by atoms with Gasteiger partial charge in [-0.15, -0.1) is 0 Å². The van der Waals surface area contributed by atoms with E-state index in [1.165, 1.54) is 44.9 Å². The van der Waals surface area contributed by atoms with Crippen LogP contribution in [0.25, 0.3) is 0 Å². The maximum Gasteiger partial charge on any atom is 0.0577 e. The summed E-state index contributed by atoms with van der Waals surface area (Å²) in [6.07, 6.45) is 19.1. The van der Waals surface area contributed by atoms with E-state index in [0.29, 0.717) is 16.7 Å². The van der Waals surface area contributed by atoms with Crippen molar-refractivity contribution < 1.29 is 5.11 Å². The third kappa shape index (κ3) is 3.66. The van der Waals surface area contributed by atoms with Crippen molar-refractivity contribution >= 4 is 0 Å². The van der Waals surface area contributed by atoms with Gasteiger partial charge in [0.25, 0.3) is 0 Å². The molecule has 0 heterocycles. The second kappa shape index (κ2) is 8.42. The van der Waals surface area contributed by atoms with Gasteiger partial charge in [0.05, 0.1) is 6.10 Å². The fourth-order valence-corrected chi connectivity index (χ4v) is 8.83. The fourth-order valence-electron chi connectivity index (χ4n) is 8.83. The van der Waals surface area contributed by atoms with E-state index in [0.717, 1.165) is 48.3 Å². The van der Waals surface area contributed by atoms with E-state index >= 15 is 0 Å². The topological polar surface area (TPSA) is 20.2 Å². The number of allylic oxidation sites excluding steroid dienone is 3. The smallest absolute Gasteiger partial charge is 0.0577 e. The van der Waals surface area contributed by atoms with Crippen LogP contribution in [0, 0.1) is 52.3 Å². The molecule has 0 aromatic heterocycles. The summed E-state index contributed by atoms with van der Waals surface area (Å²) in [5.74, 6) is 5.70. The average molecular weight is 413 g/mol. The SMILES string of the molecule is CC[C@H](/C=C/[C@H](C)[C@@H]1CC[C@H]2[C@@H]3CC=C4C[C@@H](O)CC[C@]4(C)[C@H]3CC[C@@]21C)C(C)C. The van der Waals surface area contributed by atoms with Crippen molar-refractivity contribution in [1.82, 2.24) is 0 Å². The largest absolute Gasteiger partial charge is 0.393 e. The van der Waals surface area contributed by atoms with Crippen LogP contribution in [0.15, 0.2) is 23.8 Å². The molecule has 4 aliphatic rings. The molecule has 0 radical (unpaired) electrons. The normalized spacial score (nSPS) is 45.6. The molecule has 0 spiro atoms. The third-order valence-corrected chi connectivity index (χ3v) is 10.8. The lowest BCUT2D eigenvalue weighted by Crippen LogP contribution is -2.50. The first kappa shape index (κ1) is 22.6. The van der Waals surface area contributed by atoms with Crippen molar-refractivity contribution in [2.45, 2.75) is 105 Å². The van der Waals surface area contributed by atoms with E-state index in [9.17, 15) is 5.11 Å². The van der Waals surface area contributed by atoms with Crippen molar-refractivity contribution in [2.75, 3.05) is 0 Å². The molecule has 1 N–H and O–H groups in total. The summed E-state index contributed by atoms with van der Waals surface area (Å²) in [5.41, 5.74) is 2.51. The lowest BCUT2D eigenvalue weighted by atomic mass is 9.47. The van der Waals surface area contributed by atoms with Crippen molar-refractivity contribution in [3.05, 3.63) is 23.8 Å². The van der Waals surface area contributed by atoms with Gasteiger partial charge < -0.3 is 5.11 Å². The minimum absolute atomic E-state index is 0.0870. The second-order valence-electron chi connectivity index (χ2n) is 12.4. The van der Waals surface area contributed by atoms with Gasteiger partial charge >= 0.3 is 0 Å². The van der Waals surface area contributed by atoms with Crippen LogP contribution < -0.4 is 0 Å². The quantitative estimate of drug-likeness (QED) is 0.457. The molecule has 0 saturated heterocycles. The maximum atomic E-state index is 10.2. The van der Waals surface area contributed by atoms with Gasteiger partial charge in [-0.05, 0) is 110 Å². The predicted octanol–water partition coefficient (Wildman–Crippen LogP) is 7.80. The Hall–Kier alpha value is -0.560. The summed E-state index contributed by atoms with van der Waals surface area (Å²) in [4.78, 5) is 0. The number of hydrogen-bond donors (Lipinski definition) is 1. The molecule has 0 unspecified atom stereocenters. The summed E-state index contributed by atoms with van der Waals surface area (Å²) >= 11 is 0. The molecule has 0 aromatic rings. The maximum absolute atomic E-state index is 10.2. The summed E-state index contributed by atoms with van der Waals surface area (Å²) in [7, 11) is 0. The number of hydrogen-bond acceptors (Lipinski definition) is 1. The first-order valence-electron chi connectivity index (χ1n) is 13.3. The number of fused-ring (bicyclic) bond motifs is 5. The van der Waals surface area contributed by atoms with Crippen LogP contribution in [0.4, 0.5) is 0 Å². The van der Waals surface area contributed by atoms with Gasteiger partial charge in [0, 0.05) is 0 Å². The molecular weight excluding hydrogens is 364 g/mol. The zero-order valence-corrected chi connectivity index (χ0v) is 20.7. The molecule has 0 aromatic carbocycles. The highest BCUT2D eigenvalue weighted by molar-refractivity contribution is 5.25. The lowest BCUT2D eigenvalue weighted by molar-refractivity contribution is -0.0540. The first-order chi connectivity index (χ1) is 14.2. The summed E-state index contributed by atoms with van der Waals surface area (Å²) in [6.45, 7) is 14.8. The minimum atomic E-state index is -0.0870. The zero-order chi connectivity index (χ0) is 21.7. The molecule has 3 fully saturated rings. The molecule has 0 amide bonds. The molecular formula is C29H48O. The van der Waals surface area contributed by atoms with Gasteiger partial charge in [0.15, 0.2) is 0 Å². The van der Waals surface area contributed by atoms with Crippen molar-refractivity contribution in [1.29, 1.82) is 0 Å². The molecule has 170 valence electrons. The van der Waals surface area contributed by atoms with Gasteiger partial charge in [0.2, 0.25) is 0 Å². The van der Waals surface area contributed by atoms with Crippen LogP contribution in [0.3, 0.4) is 0 Å². The Morgan fingerprint density at radius 3 is 2.50 bits per heavy atom. The summed E-state index contributed by atoms with van der Waals surface area (Å²) in [6, 6.07) is 0. The zero-order valence-electron chi connectivity index (χ0n) is 20.7. The van der Waals surface area contributed by atoms with E-state index in [2.05, 4.69) is 59.8 Å². The molecule has 4 rings (SSSR count). The number of rotatable bonds is 5. The van der Waals surface area contributed by atoms with Gasteiger partial charge in [0.1, 0.15) is 0 Å². The van der Waals surface area contributed by atoms with Gasteiger partial charge in [-0.25, -0.2) is 0 Å². The highest BCUT2D eigenvalue weighted by Gasteiger charge is 2.58. The first-order valence-corrected chi connectivity index (χ1v) is 13.3. The molecule has 0 aliphatic heterocycles. The minimum Gasteiger partial charge on any atom is -0.393 e. The Bertz CT molecular complexity index is 674. The van der Waals surface area contributed by atoms with Gasteiger partial charge in [-0.3, -0.25) is 0 Å². The predicted molar refractivity (Wildman–Crippen MR) is 128 cm³/mol. The van der Waals surface area contributed by atoms with Crippen LogP contribution in [-0.2, 0) is 0 Å². The van der Waals surface area contributed by atoms with Crippen molar-refractivity contribution in [2.24, 2.45) is 52.3 Å². The highest BCUT2D eigenvalue weighted by atomic mass is 16.3. The Morgan fingerprint density at radius 1 is 1.03 bits per heavy atom. The summed E-state index contributed by atoms with van der Waals surface area (Å²) in [5, 5.41) is 10.2. The van der Waals surface area contributed by atoms with E-state index in [4.69, 9.17) is 0 Å². The number of aliphatic hydroxyl groups excluding tert-OH is 1. The third-order valence-electron chi connectivity index (χ3n) is 10.8. The van der Waals surface area contributed by atoms with E-state index in [-0.39, 0.29) is 6.10 Å². The number of aliphatic hydroxyl groups is 1. The molecule has 0 bridgehead atoms. The second-order valence-corrected chi connectivity index (χ2v) is 12.4. The van der Waals surface area contributed by atoms with Crippen LogP contribution >= 0.6 is 0 Å². The Labute approximate surface area is 186 Å². The standard InChI is InChI=1S/C29H48O/c1-7-21(19(2)3)9-8-20(4)25-12-13-26-24-11-10-22-18-23(30)14-16-28(22,5)27(24)15-17-29(25,26)6/h8-10,19-21,23-27,30H,7,11-18H2,1-6H3/b9-8+/t20-,21+,23-,24-,25-,26-,27-,28-,29+/m0/s1. The monoisotopic (exact) mass is 412 g/mol. The van der Waals surface area contributed by atoms with Crippen LogP contribution in [-0.4, -0.2) is 11.2 Å². The molecule has 30 heavy (non-hydrogen) atoms. The van der Waals surface area contributed by atoms with Crippen LogP contribution in [0.1, 0.15) is 99.3 Å². The fraction of sp³-hybridized carbons (Fsp3) is 0.862. The molecule has 4 aliphatic carbocycles. The molecule has 9 atom stereocenters. The Kier molecular flexibility index (Phi) is 6.35. The van der Waals surface area contributed by atoms with Gasteiger partial charge in [-0.2, -0.15) is 0 Å². The van der Waals surface area contributed by atoms with Crippen molar-refractivity contribution in [3.8, 4) is 0 Å².